The first-order valence-electron chi connectivity index (χ1n) is 39.3. The number of hydrogen-bond donors (Lipinski definition) is 0. The molecule has 21 unspecified atom stereocenters. The van der Waals surface area contributed by atoms with Crippen LogP contribution in [0.1, 0.15) is 252 Å². The monoisotopic (exact) mass is 1480 g/mol. The van der Waals surface area contributed by atoms with Crippen molar-refractivity contribution in [2.24, 2.45) is 92.2 Å². The smallest absolute Gasteiger partial charge is 0.344 e. The van der Waals surface area contributed by atoms with Crippen molar-refractivity contribution in [1.82, 2.24) is 0 Å². The molecular formula is C80H120O25. The van der Waals surface area contributed by atoms with Gasteiger partial charge in [0.2, 0.25) is 0 Å². The van der Waals surface area contributed by atoms with Gasteiger partial charge < -0.3 is 61.6 Å². The summed E-state index contributed by atoms with van der Waals surface area (Å²) in [6, 6.07) is 0. The number of carbonyl (C=O) groups excluding carboxylic acids is 12. The van der Waals surface area contributed by atoms with Crippen LogP contribution in [0.15, 0.2) is 0 Å². The molecule has 16 bridgehead atoms. The van der Waals surface area contributed by atoms with E-state index in [1.807, 2.05) is 76.2 Å². The Kier molecular flexibility index (Phi) is 27.1. The van der Waals surface area contributed by atoms with Crippen LogP contribution in [0.2, 0.25) is 0 Å². The molecule has 8 heterocycles. The van der Waals surface area contributed by atoms with Crippen molar-refractivity contribution in [2.45, 2.75) is 313 Å². The Morgan fingerprint density at radius 3 is 1.03 bits per heavy atom. The maximum absolute atomic E-state index is 12.3. The zero-order chi connectivity index (χ0) is 76.8. The highest BCUT2D eigenvalue weighted by atomic mass is 16.6. The molecule has 8 aliphatic carbocycles. The van der Waals surface area contributed by atoms with Crippen LogP contribution < -0.4 is 0 Å². The fraction of sp³-hybridized carbons (Fsp3) is 0.850. The highest BCUT2D eigenvalue weighted by molar-refractivity contribution is 5.82. The molecule has 16 rings (SSSR count). The van der Waals surface area contributed by atoms with Crippen molar-refractivity contribution in [3.05, 3.63) is 0 Å². The van der Waals surface area contributed by atoms with Gasteiger partial charge in [-0.3, -0.25) is 47.9 Å². The minimum atomic E-state index is -0.615. The van der Waals surface area contributed by atoms with Gasteiger partial charge in [-0.2, -0.15) is 0 Å². The van der Waals surface area contributed by atoms with E-state index >= 15 is 0 Å². The molecule has 8 aliphatic heterocycles. The van der Waals surface area contributed by atoms with Gasteiger partial charge in [-0.25, -0.2) is 9.59 Å². The summed E-state index contributed by atoms with van der Waals surface area (Å²) in [5.74, 6) is -0.500. The zero-order valence-electron chi connectivity index (χ0n) is 64.9. The fourth-order valence-corrected chi connectivity index (χ4v) is 16.9. The Labute approximate surface area is 619 Å². The molecule has 16 aliphatic rings. The second-order valence-electron chi connectivity index (χ2n) is 35.3. The van der Waals surface area contributed by atoms with Crippen molar-refractivity contribution in [1.29, 1.82) is 0 Å². The molecule has 0 radical (unpaired) electrons. The molecule has 105 heavy (non-hydrogen) atoms. The lowest BCUT2D eigenvalue weighted by Gasteiger charge is -2.42. The quantitative estimate of drug-likeness (QED) is 0.0552. The largest absolute Gasteiger partial charge is 0.463 e. The standard InChI is InChI=1S/C18H26O6.C18H28O5.C16H24O4.C15H22O6.C13H20O4/c1-4-18(2,3)17(21)22-9-14(19)24-15-11-5-10-6-12(8-11)16(20)23-13(15)7-10;1-4-18(2,3)17(20)22-6-5-21-15-12-7-11-8-13(10-12)16(19)23-14(15)9-11;1-4-16(2,3)15(18)20-13-10-5-9-6-11(8-10)14(17)19-12(13)7-9;1-4-15(2,3)14(18)19-8-12(16)20-10-6-5-9-7-11(10)21-13(9)17;1-4-13(2,3)12(15)17-9-6-5-8-7-10(9)16-11(8)14/h10-13,15H,4-9H2,1-3H3;11-15H,4-10H2,1-3H3;9-13H,4-8H2,1-3H3;9-11H,4-8H2,1-3H3;8-10H,4-7H2,1-3H3. The van der Waals surface area contributed by atoms with E-state index in [0.717, 1.165) is 109 Å². The number of rotatable bonds is 22. The van der Waals surface area contributed by atoms with Crippen molar-refractivity contribution >= 4 is 71.6 Å². The van der Waals surface area contributed by atoms with E-state index in [4.69, 9.17) is 61.6 Å². The summed E-state index contributed by atoms with van der Waals surface area (Å²) in [4.78, 5) is 143. The van der Waals surface area contributed by atoms with Crippen molar-refractivity contribution in [3.63, 3.8) is 0 Å². The first-order chi connectivity index (χ1) is 49.4. The molecule has 21 atom stereocenters. The predicted molar refractivity (Wildman–Crippen MR) is 373 cm³/mol. The van der Waals surface area contributed by atoms with Crippen LogP contribution in [0.4, 0.5) is 0 Å². The molecule has 0 spiro atoms. The number of ether oxygens (including phenoxy) is 13. The normalized spacial score (nSPS) is 34.0. The summed E-state index contributed by atoms with van der Waals surface area (Å²) in [5, 5.41) is 0. The van der Waals surface area contributed by atoms with Crippen molar-refractivity contribution < 1.29 is 119 Å². The average Bonchev–Trinajstić information content (AvgIpc) is 1.68. The first-order valence-corrected chi connectivity index (χ1v) is 39.3. The molecule has 8 saturated heterocycles. The Morgan fingerprint density at radius 1 is 0.314 bits per heavy atom. The zero-order valence-corrected chi connectivity index (χ0v) is 64.9. The molecule has 590 valence electrons. The Balaban J connectivity index is 0.000000153. The third-order valence-electron chi connectivity index (χ3n) is 25.7. The molecular weight excluding hydrogens is 1360 g/mol. The van der Waals surface area contributed by atoms with Gasteiger partial charge in [0.15, 0.2) is 13.2 Å². The van der Waals surface area contributed by atoms with Crippen LogP contribution in [0.25, 0.3) is 0 Å². The lowest BCUT2D eigenvalue weighted by atomic mass is 9.67. The van der Waals surface area contributed by atoms with Crippen LogP contribution in [0, 0.1) is 92.2 Å². The summed E-state index contributed by atoms with van der Waals surface area (Å²) in [6.07, 6.45) is 16.1. The van der Waals surface area contributed by atoms with Crippen LogP contribution >= 0.6 is 0 Å². The van der Waals surface area contributed by atoms with Gasteiger partial charge in [-0.05, 0) is 228 Å². The third kappa shape index (κ3) is 20.3. The summed E-state index contributed by atoms with van der Waals surface area (Å²) in [6.45, 7) is 28.0. The van der Waals surface area contributed by atoms with Gasteiger partial charge in [-0.15, -0.1) is 0 Å². The summed E-state index contributed by atoms with van der Waals surface area (Å²) < 4.78 is 70.6. The number of carbonyl (C=O) groups is 12. The Morgan fingerprint density at radius 2 is 0.629 bits per heavy atom. The van der Waals surface area contributed by atoms with Crippen LogP contribution in [0.3, 0.4) is 0 Å². The van der Waals surface area contributed by atoms with Gasteiger partial charge in [0.1, 0.15) is 61.5 Å². The molecule has 0 aromatic rings. The van der Waals surface area contributed by atoms with Crippen LogP contribution in [-0.4, -0.2) is 159 Å². The summed E-state index contributed by atoms with van der Waals surface area (Å²) >= 11 is 0. The summed E-state index contributed by atoms with van der Waals surface area (Å²) in [7, 11) is 0. The van der Waals surface area contributed by atoms with Gasteiger partial charge in [-0.1, -0.05) is 34.6 Å². The predicted octanol–water partition coefficient (Wildman–Crippen LogP) is 11.3. The van der Waals surface area contributed by atoms with E-state index in [1.54, 1.807) is 27.7 Å². The van der Waals surface area contributed by atoms with Crippen LogP contribution in [-0.2, 0) is 119 Å². The number of esters is 12. The molecule has 16 fully saturated rings. The average molecular weight is 1480 g/mol. The Bertz CT molecular complexity index is 3160. The van der Waals surface area contributed by atoms with E-state index in [2.05, 4.69) is 0 Å². The third-order valence-corrected chi connectivity index (χ3v) is 25.7. The highest BCUT2D eigenvalue weighted by Crippen LogP contribution is 2.52. The van der Waals surface area contributed by atoms with Gasteiger partial charge in [0.05, 0.1) is 69.4 Å². The molecule has 8 saturated carbocycles. The second-order valence-corrected chi connectivity index (χ2v) is 35.3. The molecule has 0 aromatic carbocycles. The lowest BCUT2D eigenvalue weighted by molar-refractivity contribution is -0.180. The molecule has 0 amide bonds. The van der Waals surface area contributed by atoms with Crippen LogP contribution in [0.5, 0.6) is 0 Å². The molecule has 25 nitrogen and oxygen atoms in total. The van der Waals surface area contributed by atoms with E-state index < -0.39 is 69.8 Å². The molecule has 25 heteroatoms. The van der Waals surface area contributed by atoms with Gasteiger partial charge in [0, 0.05) is 24.7 Å². The van der Waals surface area contributed by atoms with E-state index in [1.165, 1.54) is 0 Å². The summed E-state index contributed by atoms with van der Waals surface area (Å²) in [5.41, 5.74) is -2.60. The van der Waals surface area contributed by atoms with E-state index in [-0.39, 0.29) is 145 Å². The van der Waals surface area contributed by atoms with Gasteiger partial charge in [0.25, 0.3) is 0 Å². The van der Waals surface area contributed by atoms with Crippen molar-refractivity contribution in [3.8, 4) is 0 Å². The highest BCUT2D eigenvalue weighted by Gasteiger charge is 2.56. The van der Waals surface area contributed by atoms with Gasteiger partial charge >= 0.3 is 71.6 Å². The molecule has 0 N–H and O–H groups in total. The van der Waals surface area contributed by atoms with E-state index in [9.17, 15) is 57.5 Å². The Hall–Kier alpha value is -6.40. The maximum Gasteiger partial charge on any atom is 0.344 e. The second kappa shape index (κ2) is 34.4. The number of fused-ring (bicyclic) bond motifs is 7. The molecule has 0 aromatic heterocycles. The number of hydrogen-bond acceptors (Lipinski definition) is 25. The topological polar surface area (TPSA) is 325 Å². The lowest BCUT2D eigenvalue weighted by Crippen LogP contribution is -2.46. The minimum Gasteiger partial charge on any atom is -0.463 e. The first kappa shape index (κ1) is 82.7. The minimum absolute atomic E-state index is 0.0293. The van der Waals surface area contributed by atoms with E-state index in [0.29, 0.717) is 74.7 Å². The van der Waals surface area contributed by atoms with Crippen molar-refractivity contribution in [2.75, 3.05) is 26.4 Å². The fourth-order valence-electron chi connectivity index (χ4n) is 16.9. The SMILES string of the molecule is CCC(C)(C)C(=O)OC1C2CC3CC(C2)C(=O)OC1C3.CCC(C)(C)C(=O)OC1CCC2CC1OC2=O.CCC(C)(C)C(=O)OCC(=O)OC1C2CC3CC(C2)C(=O)OC1C3.CCC(C)(C)C(=O)OCC(=O)OC1CCC2CC1OC2=O.CCC(C)(C)C(=O)OCCOC1C2CC3CC(C2)C(=O)OC1C3. The maximum atomic E-state index is 12.3.